The molecule has 1 fully saturated rings. The molecule has 5 nitrogen and oxygen atoms in total. The lowest BCUT2D eigenvalue weighted by Gasteiger charge is -2.23. The van der Waals surface area contributed by atoms with Gasteiger partial charge in [-0.2, -0.15) is 0 Å². The van der Waals surface area contributed by atoms with E-state index in [1.165, 1.54) is 6.92 Å². The van der Waals surface area contributed by atoms with Crippen molar-refractivity contribution in [3.63, 3.8) is 0 Å². The molecule has 1 atom stereocenters. The summed E-state index contributed by atoms with van der Waals surface area (Å²) in [5.74, 6) is -0.196. The molecule has 0 aromatic carbocycles. The monoisotopic (exact) mass is 329 g/mol. The summed E-state index contributed by atoms with van der Waals surface area (Å²) in [6.45, 7) is 4.97. The standard InChI is InChI=1S/C8H16N2O2.C5H4BrN/c1-7(11)12-5-2-8-6-9-3-4-10-8;6-5-2-1-3-7-4-5/h8-10H,2-6H2,1H3;1-4H. The minimum Gasteiger partial charge on any atom is -0.466 e. The second kappa shape index (κ2) is 9.89. The zero-order valence-electron chi connectivity index (χ0n) is 11.1. The van der Waals surface area contributed by atoms with Crippen LogP contribution in [-0.4, -0.2) is 43.2 Å². The highest BCUT2D eigenvalue weighted by atomic mass is 79.9. The summed E-state index contributed by atoms with van der Waals surface area (Å²) in [5, 5.41) is 6.61. The zero-order valence-corrected chi connectivity index (χ0v) is 12.6. The van der Waals surface area contributed by atoms with Crippen LogP contribution in [-0.2, 0) is 9.53 Å². The van der Waals surface area contributed by atoms with Gasteiger partial charge in [0.25, 0.3) is 0 Å². The van der Waals surface area contributed by atoms with Gasteiger partial charge >= 0.3 is 5.97 Å². The fourth-order valence-corrected chi connectivity index (χ4v) is 1.87. The number of aromatic nitrogens is 1. The second-order valence-corrected chi connectivity index (χ2v) is 5.07. The van der Waals surface area contributed by atoms with Crippen LogP contribution in [0.5, 0.6) is 0 Å². The van der Waals surface area contributed by atoms with Gasteiger partial charge in [0.15, 0.2) is 0 Å². The molecule has 0 radical (unpaired) electrons. The number of carbonyl (C=O) groups is 1. The Balaban J connectivity index is 0.000000218. The maximum Gasteiger partial charge on any atom is 0.302 e. The van der Waals surface area contributed by atoms with Gasteiger partial charge in [-0.15, -0.1) is 0 Å². The molecule has 0 saturated carbocycles. The van der Waals surface area contributed by atoms with E-state index in [4.69, 9.17) is 4.74 Å². The van der Waals surface area contributed by atoms with Crippen molar-refractivity contribution in [2.24, 2.45) is 0 Å². The number of esters is 1. The molecular formula is C13H20BrN3O2. The summed E-state index contributed by atoms with van der Waals surface area (Å²) in [4.78, 5) is 14.3. The van der Waals surface area contributed by atoms with Gasteiger partial charge in [-0.25, -0.2) is 0 Å². The van der Waals surface area contributed by atoms with Crippen molar-refractivity contribution in [3.8, 4) is 0 Å². The topological polar surface area (TPSA) is 63.2 Å². The molecule has 2 N–H and O–H groups in total. The first-order valence-electron chi connectivity index (χ1n) is 6.31. The first-order valence-corrected chi connectivity index (χ1v) is 7.11. The molecule has 2 rings (SSSR count). The lowest BCUT2D eigenvalue weighted by molar-refractivity contribution is -0.141. The Morgan fingerprint density at radius 2 is 2.42 bits per heavy atom. The maximum atomic E-state index is 10.4. The zero-order chi connectivity index (χ0) is 13.9. The molecule has 0 bridgehead atoms. The Hall–Kier alpha value is -0.980. The van der Waals surface area contributed by atoms with E-state index in [1.807, 2.05) is 12.1 Å². The summed E-state index contributed by atoms with van der Waals surface area (Å²) >= 11 is 3.25. The number of hydrogen-bond acceptors (Lipinski definition) is 5. The summed E-state index contributed by atoms with van der Waals surface area (Å²) < 4.78 is 5.86. The highest BCUT2D eigenvalue weighted by Gasteiger charge is 2.11. The molecule has 0 spiro atoms. The van der Waals surface area contributed by atoms with E-state index in [0.29, 0.717) is 12.6 Å². The van der Waals surface area contributed by atoms with Gasteiger partial charge in [-0.1, -0.05) is 0 Å². The van der Waals surface area contributed by atoms with Crippen molar-refractivity contribution >= 4 is 21.9 Å². The van der Waals surface area contributed by atoms with Crippen LogP contribution in [0, 0.1) is 0 Å². The van der Waals surface area contributed by atoms with Crippen molar-refractivity contribution in [2.75, 3.05) is 26.2 Å². The van der Waals surface area contributed by atoms with Gasteiger partial charge in [0.05, 0.1) is 6.61 Å². The van der Waals surface area contributed by atoms with E-state index >= 15 is 0 Å². The molecule has 6 heteroatoms. The van der Waals surface area contributed by atoms with E-state index in [9.17, 15) is 4.79 Å². The molecule has 19 heavy (non-hydrogen) atoms. The van der Waals surface area contributed by atoms with Crippen molar-refractivity contribution in [1.29, 1.82) is 0 Å². The first kappa shape index (κ1) is 16.1. The minimum absolute atomic E-state index is 0.196. The number of pyridine rings is 1. The molecule has 1 aromatic rings. The fraction of sp³-hybridized carbons (Fsp3) is 0.538. The van der Waals surface area contributed by atoms with Gasteiger partial charge in [-0.05, 0) is 34.5 Å². The third kappa shape index (κ3) is 8.69. The smallest absolute Gasteiger partial charge is 0.302 e. The summed E-state index contributed by atoms with van der Waals surface area (Å²) in [7, 11) is 0. The van der Waals surface area contributed by atoms with E-state index in [-0.39, 0.29) is 5.97 Å². The van der Waals surface area contributed by atoms with Gasteiger partial charge in [0.2, 0.25) is 0 Å². The SMILES string of the molecule is Brc1cccnc1.CC(=O)OCCC1CNCCN1. The summed E-state index contributed by atoms with van der Waals surface area (Å²) in [6, 6.07) is 4.27. The predicted molar refractivity (Wildman–Crippen MR) is 77.8 cm³/mol. The number of nitrogens with zero attached hydrogens (tertiary/aromatic N) is 1. The number of carbonyl (C=O) groups excluding carboxylic acids is 1. The van der Waals surface area contributed by atoms with Gasteiger partial charge in [0.1, 0.15) is 0 Å². The highest BCUT2D eigenvalue weighted by molar-refractivity contribution is 9.10. The lowest BCUT2D eigenvalue weighted by atomic mass is 10.2. The number of nitrogens with one attached hydrogen (secondary N) is 2. The lowest BCUT2D eigenvalue weighted by Crippen LogP contribution is -2.48. The van der Waals surface area contributed by atoms with Gasteiger partial charge < -0.3 is 15.4 Å². The summed E-state index contributed by atoms with van der Waals surface area (Å²) in [6.07, 6.45) is 4.39. The van der Waals surface area contributed by atoms with Gasteiger partial charge in [0, 0.05) is 49.5 Å². The predicted octanol–water partition coefficient (Wildman–Crippen LogP) is 1.35. The normalized spacial score (nSPS) is 18.1. The molecule has 1 aliphatic rings. The summed E-state index contributed by atoms with van der Waals surface area (Å²) in [5.41, 5.74) is 0. The quantitative estimate of drug-likeness (QED) is 0.819. The average molecular weight is 330 g/mol. The van der Waals surface area contributed by atoms with Crippen LogP contribution in [0.4, 0.5) is 0 Å². The number of rotatable bonds is 3. The van der Waals surface area contributed by atoms with Crippen LogP contribution in [0.2, 0.25) is 0 Å². The molecule has 0 aliphatic carbocycles. The molecule has 1 aliphatic heterocycles. The Labute approximate surface area is 122 Å². The average Bonchev–Trinajstić information content (AvgIpc) is 2.41. The van der Waals surface area contributed by atoms with Crippen molar-refractivity contribution in [1.82, 2.24) is 15.6 Å². The Morgan fingerprint density at radius 3 is 2.89 bits per heavy atom. The van der Waals surface area contributed by atoms with E-state index in [1.54, 1.807) is 12.4 Å². The number of piperazine rings is 1. The van der Waals surface area contributed by atoms with Crippen molar-refractivity contribution < 1.29 is 9.53 Å². The van der Waals surface area contributed by atoms with Gasteiger partial charge in [-0.3, -0.25) is 9.78 Å². The Morgan fingerprint density at radius 1 is 1.58 bits per heavy atom. The largest absolute Gasteiger partial charge is 0.466 e. The third-order valence-corrected chi connectivity index (χ3v) is 2.99. The van der Waals surface area contributed by atoms with E-state index in [0.717, 1.165) is 30.5 Å². The molecule has 1 aromatic heterocycles. The molecule has 0 amide bonds. The first-order chi connectivity index (χ1) is 9.18. The molecule has 2 heterocycles. The van der Waals surface area contributed by atoms with Crippen LogP contribution in [0.3, 0.4) is 0 Å². The van der Waals surface area contributed by atoms with Crippen molar-refractivity contribution in [2.45, 2.75) is 19.4 Å². The van der Waals surface area contributed by atoms with Crippen LogP contribution in [0.25, 0.3) is 0 Å². The second-order valence-electron chi connectivity index (χ2n) is 4.16. The Bertz CT molecular complexity index is 356. The van der Waals surface area contributed by atoms with Crippen LogP contribution in [0.15, 0.2) is 29.0 Å². The van der Waals surface area contributed by atoms with Crippen molar-refractivity contribution in [3.05, 3.63) is 29.0 Å². The third-order valence-electron chi connectivity index (χ3n) is 2.52. The minimum atomic E-state index is -0.196. The van der Waals surface area contributed by atoms with E-state index in [2.05, 4.69) is 31.5 Å². The van der Waals surface area contributed by atoms with Crippen LogP contribution >= 0.6 is 15.9 Å². The molecule has 106 valence electrons. The van der Waals surface area contributed by atoms with Crippen LogP contribution in [0.1, 0.15) is 13.3 Å². The molecule has 1 saturated heterocycles. The number of ether oxygens (including phenoxy) is 1. The Kier molecular flexibility index (Phi) is 8.36. The fourth-order valence-electron chi connectivity index (χ4n) is 1.60. The molecule has 1 unspecified atom stereocenters. The highest BCUT2D eigenvalue weighted by Crippen LogP contribution is 2.02. The maximum absolute atomic E-state index is 10.4. The van der Waals surface area contributed by atoms with Crippen LogP contribution < -0.4 is 10.6 Å². The molecular weight excluding hydrogens is 310 g/mol. The number of hydrogen-bond donors (Lipinski definition) is 2. The van der Waals surface area contributed by atoms with E-state index < -0.39 is 0 Å². The number of halogens is 1.